The van der Waals surface area contributed by atoms with Crippen molar-refractivity contribution in [1.29, 1.82) is 0 Å². The van der Waals surface area contributed by atoms with Gasteiger partial charge >= 0.3 is 0 Å². The predicted octanol–water partition coefficient (Wildman–Crippen LogP) is 4.41. The van der Waals surface area contributed by atoms with Crippen LogP contribution in [-0.2, 0) is 9.47 Å². The van der Waals surface area contributed by atoms with Crippen molar-refractivity contribution in [3.05, 3.63) is 42.2 Å². The number of rotatable bonds is 4. The highest BCUT2D eigenvalue weighted by Crippen LogP contribution is 2.16. The van der Waals surface area contributed by atoms with E-state index in [0.29, 0.717) is 6.61 Å². The molecule has 0 radical (unpaired) electrons. The molecule has 2 rings (SSSR count). The van der Waals surface area contributed by atoms with Crippen LogP contribution < -0.4 is 0 Å². The molecule has 1 fully saturated rings. The van der Waals surface area contributed by atoms with Crippen LogP contribution in [0.4, 0.5) is 0 Å². The zero-order chi connectivity index (χ0) is 13.3. The van der Waals surface area contributed by atoms with Crippen molar-refractivity contribution in [3.8, 4) is 0 Å². The van der Waals surface area contributed by atoms with E-state index in [9.17, 15) is 0 Å². The Balaban J connectivity index is 1.78. The van der Waals surface area contributed by atoms with Gasteiger partial charge in [-0.3, -0.25) is 0 Å². The number of benzene rings is 1. The summed E-state index contributed by atoms with van der Waals surface area (Å²) in [4.78, 5) is 0. The van der Waals surface area contributed by atoms with E-state index in [0.717, 1.165) is 18.6 Å². The van der Waals surface area contributed by atoms with Crippen molar-refractivity contribution in [2.75, 3.05) is 13.2 Å². The Kier molecular flexibility index (Phi) is 5.96. The molecule has 2 heteroatoms. The van der Waals surface area contributed by atoms with Crippen molar-refractivity contribution in [2.24, 2.45) is 0 Å². The summed E-state index contributed by atoms with van der Waals surface area (Å²) in [6, 6.07) is 10.3. The second-order valence-electron chi connectivity index (χ2n) is 5.20. The van der Waals surface area contributed by atoms with Crippen LogP contribution in [0.25, 0.3) is 5.57 Å². The van der Waals surface area contributed by atoms with Gasteiger partial charge in [0.25, 0.3) is 0 Å². The molecule has 1 saturated heterocycles. The van der Waals surface area contributed by atoms with Crippen LogP contribution in [-0.4, -0.2) is 19.3 Å². The van der Waals surface area contributed by atoms with Gasteiger partial charge in [0.15, 0.2) is 0 Å². The average Bonchev–Trinajstić information content (AvgIpc) is 2.42. The second kappa shape index (κ2) is 8.00. The summed E-state index contributed by atoms with van der Waals surface area (Å²) < 4.78 is 11.5. The van der Waals surface area contributed by atoms with Crippen LogP contribution in [0.5, 0.6) is 0 Å². The van der Waals surface area contributed by atoms with Gasteiger partial charge in [0.1, 0.15) is 6.61 Å². The first-order valence-electron chi connectivity index (χ1n) is 7.31. The number of hydrogen-bond acceptors (Lipinski definition) is 2. The minimum absolute atomic E-state index is 0.264. The summed E-state index contributed by atoms with van der Waals surface area (Å²) >= 11 is 0. The summed E-state index contributed by atoms with van der Waals surface area (Å²) in [6.07, 6.45) is 8.33. The van der Waals surface area contributed by atoms with Gasteiger partial charge in [-0.05, 0) is 30.9 Å². The largest absolute Gasteiger partial charge is 0.498 e. The minimum atomic E-state index is 0.264. The van der Waals surface area contributed by atoms with Crippen molar-refractivity contribution >= 4 is 5.57 Å². The van der Waals surface area contributed by atoms with Crippen molar-refractivity contribution in [2.45, 2.75) is 45.1 Å². The fourth-order valence-corrected chi connectivity index (χ4v) is 2.34. The quantitative estimate of drug-likeness (QED) is 0.746. The lowest BCUT2D eigenvalue weighted by Crippen LogP contribution is -2.21. The van der Waals surface area contributed by atoms with Crippen LogP contribution in [0.1, 0.15) is 44.6 Å². The Hall–Kier alpha value is -1.28. The molecule has 0 aromatic heterocycles. The molecule has 1 unspecified atom stereocenters. The van der Waals surface area contributed by atoms with E-state index in [1.807, 2.05) is 24.5 Å². The molecular formula is C17H24O2. The maximum atomic E-state index is 5.82. The molecule has 0 bridgehead atoms. The van der Waals surface area contributed by atoms with Crippen molar-refractivity contribution in [3.63, 3.8) is 0 Å². The molecular weight excluding hydrogens is 236 g/mol. The third-order valence-electron chi connectivity index (χ3n) is 3.55. The molecule has 1 aromatic rings. The number of ether oxygens (including phenoxy) is 2. The normalized spacial score (nSPS) is 21.5. The molecule has 1 aromatic carbocycles. The number of hydrogen-bond donors (Lipinski definition) is 0. The van der Waals surface area contributed by atoms with Gasteiger partial charge in [0, 0.05) is 6.61 Å². The zero-order valence-electron chi connectivity index (χ0n) is 11.8. The van der Waals surface area contributed by atoms with Gasteiger partial charge in [0.2, 0.25) is 0 Å². The molecule has 0 amide bonds. The van der Waals surface area contributed by atoms with Gasteiger partial charge in [-0.1, -0.05) is 49.6 Å². The molecule has 104 valence electrons. The SMILES string of the molecule is C/C(=C/OCC1CCCCCCO1)c1ccccc1. The minimum Gasteiger partial charge on any atom is -0.498 e. The van der Waals surface area contributed by atoms with Gasteiger partial charge < -0.3 is 9.47 Å². The highest BCUT2D eigenvalue weighted by molar-refractivity contribution is 5.62. The molecule has 2 nitrogen and oxygen atoms in total. The first-order chi connectivity index (χ1) is 9.36. The Morgan fingerprint density at radius 3 is 2.84 bits per heavy atom. The maximum Gasteiger partial charge on any atom is 0.113 e. The second-order valence-corrected chi connectivity index (χ2v) is 5.20. The van der Waals surface area contributed by atoms with Gasteiger partial charge in [-0.25, -0.2) is 0 Å². The van der Waals surface area contributed by atoms with Gasteiger partial charge in [-0.15, -0.1) is 0 Å². The van der Waals surface area contributed by atoms with E-state index in [4.69, 9.17) is 9.47 Å². The van der Waals surface area contributed by atoms with Gasteiger partial charge in [0.05, 0.1) is 12.4 Å². The highest BCUT2D eigenvalue weighted by Gasteiger charge is 2.11. The third kappa shape index (κ3) is 5.07. The Morgan fingerprint density at radius 1 is 1.21 bits per heavy atom. The summed E-state index contributed by atoms with van der Waals surface area (Å²) in [5.74, 6) is 0. The molecule has 19 heavy (non-hydrogen) atoms. The van der Waals surface area contributed by atoms with Crippen LogP contribution >= 0.6 is 0 Å². The van der Waals surface area contributed by atoms with E-state index in [1.54, 1.807) is 0 Å². The standard InChI is InChI=1S/C17H24O2/c1-15(16-9-5-4-6-10-16)13-18-14-17-11-7-2-3-8-12-19-17/h4-6,9-10,13,17H,2-3,7-8,11-12,14H2,1H3/b15-13-. The zero-order valence-corrected chi connectivity index (χ0v) is 11.8. The molecule has 0 aliphatic carbocycles. The lowest BCUT2D eigenvalue weighted by molar-refractivity contribution is -0.00481. The summed E-state index contributed by atoms with van der Waals surface area (Å²) in [5, 5.41) is 0. The van der Waals surface area contributed by atoms with E-state index < -0.39 is 0 Å². The van der Waals surface area contributed by atoms with Gasteiger partial charge in [-0.2, -0.15) is 0 Å². The monoisotopic (exact) mass is 260 g/mol. The molecule has 0 N–H and O–H groups in total. The van der Waals surface area contributed by atoms with Crippen LogP contribution in [0.3, 0.4) is 0 Å². The summed E-state index contributed by atoms with van der Waals surface area (Å²) in [6.45, 7) is 3.63. The predicted molar refractivity (Wildman–Crippen MR) is 78.9 cm³/mol. The van der Waals surface area contributed by atoms with Crippen LogP contribution in [0.2, 0.25) is 0 Å². The summed E-state index contributed by atoms with van der Waals surface area (Å²) in [5.41, 5.74) is 2.37. The molecule has 0 spiro atoms. The Labute approximate surface area is 116 Å². The molecule has 1 atom stereocenters. The fourth-order valence-electron chi connectivity index (χ4n) is 2.34. The molecule has 1 heterocycles. The van der Waals surface area contributed by atoms with Crippen LogP contribution in [0.15, 0.2) is 36.6 Å². The van der Waals surface area contributed by atoms with E-state index in [-0.39, 0.29) is 6.10 Å². The van der Waals surface area contributed by atoms with Crippen molar-refractivity contribution in [1.82, 2.24) is 0 Å². The Morgan fingerprint density at radius 2 is 2.00 bits per heavy atom. The van der Waals surface area contributed by atoms with Crippen molar-refractivity contribution < 1.29 is 9.47 Å². The molecule has 0 saturated carbocycles. The maximum absolute atomic E-state index is 5.82. The van der Waals surface area contributed by atoms with E-state index in [2.05, 4.69) is 19.1 Å². The third-order valence-corrected chi connectivity index (χ3v) is 3.55. The Bertz CT molecular complexity index is 376. The number of allylic oxidation sites excluding steroid dienone is 1. The topological polar surface area (TPSA) is 18.5 Å². The highest BCUT2D eigenvalue weighted by atomic mass is 16.5. The lowest BCUT2D eigenvalue weighted by atomic mass is 10.1. The van der Waals surface area contributed by atoms with E-state index >= 15 is 0 Å². The first-order valence-corrected chi connectivity index (χ1v) is 7.31. The average molecular weight is 260 g/mol. The molecule has 1 aliphatic rings. The fraction of sp³-hybridized carbons (Fsp3) is 0.529. The molecule has 1 aliphatic heterocycles. The van der Waals surface area contributed by atoms with E-state index in [1.165, 1.54) is 31.2 Å². The lowest BCUT2D eigenvalue weighted by Gasteiger charge is -2.20. The first kappa shape index (κ1) is 14.1. The van der Waals surface area contributed by atoms with Crippen LogP contribution in [0, 0.1) is 0 Å². The smallest absolute Gasteiger partial charge is 0.113 e. The summed E-state index contributed by atoms with van der Waals surface area (Å²) in [7, 11) is 0.